The van der Waals surface area contributed by atoms with Crippen LogP contribution in [-0.4, -0.2) is 25.0 Å². The maximum Gasteiger partial charge on any atom is 0.128 e. The van der Waals surface area contributed by atoms with Crippen molar-refractivity contribution in [2.75, 3.05) is 20.1 Å². The van der Waals surface area contributed by atoms with E-state index < -0.39 is 5.54 Å². The molecule has 2 aromatic carbocycles. The molecule has 0 radical (unpaired) electrons. The van der Waals surface area contributed by atoms with E-state index in [1.807, 2.05) is 12.1 Å². The quantitative estimate of drug-likeness (QED) is 0.746. The lowest BCUT2D eigenvalue weighted by Crippen LogP contribution is -2.47. The molecule has 2 unspecified atom stereocenters. The molecule has 0 bridgehead atoms. The minimum absolute atomic E-state index is 0.155. The van der Waals surface area contributed by atoms with Crippen molar-refractivity contribution in [1.82, 2.24) is 4.90 Å². The van der Waals surface area contributed by atoms with Gasteiger partial charge in [0.1, 0.15) is 5.82 Å². The molecule has 1 aliphatic carbocycles. The molecule has 2 aromatic rings. The minimum Gasteiger partial charge on any atom is -0.321 e. The Hall–Kier alpha value is -1.71. The summed E-state index contributed by atoms with van der Waals surface area (Å²) in [5.74, 6) is 0.924. The second-order valence-corrected chi connectivity index (χ2v) is 9.44. The number of hydrogen-bond acceptors (Lipinski definition) is 2. The van der Waals surface area contributed by atoms with E-state index in [2.05, 4.69) is 36.2 Å². The highest BCUT2D eigenvalue weighted by atomic mass is 19.1. The zero-order valence-corrected chi connectivity index (χ0v) is 17.7. The largest absolute Gasteiger partial charge is 0.321 e. The van der Waals surface area contributed by atoms with Crippen molar-refractivity contribution < 1.29 is 4.39 Å². The average Bonchev–Trinajstić information content (AvgIpc) is 2.72. The fourth-order valence-corrected chi connectivity index (χ4v) is 5.52. The molecule has 2 nitrogen and oxygen atoms in total. The summed E-state index contributed by atoms with van der Waals surface area (Å²) in [6, 6.07) is 16.2. The molecule has 2 aliphatic rings. The van der Waals surface area contributed by atoms with Crippen molar-refractivity contribution in [2.45, 2.75) is 56.9 Å². The number of nitrogens with zero attached hydrogens (tertiary/aromatic N) is 1. The summed E-state index contributed by atoms with van der Waals surface area (Å²) < 4.78 is 14.6. The van der Waals surface area contributed by atoms with Gasteiger partial charge < -0.3 is 10.6 Å². The average molecular weight is 395 g/mol. The lowest BCUT2D eigenvalue weighted by atomic mass is 9.67. The zero-order chi connectivity index (χ0) is 20.3. The Morgan fingerprint density at radius 1 is 0.966 bits per heavy atom. The number of nitrogens with two attached hydrogens (primary N) is 1. The predicted molar refractivity (Wildman–Crippen MR) is 118 cm³/mol. The van der Waals surface area contributed by atoms with Crippen LogP contribution >= 0.6 is 0 Å². The molecule has 0 amide bonds. The fraction of sp³-hybridized carbons (Fsp3) is 0.538. The molecule has 156 valence electrons. The van der Waals surface area contributed by atoms with Crippen molar-refractivity contribution in [2.24, 2.45) is 17.6 Å². The van der Waals surface area contributed by atoms with Gasteiger partial charge in [-0.1, -0.05) is 55.3 Å². The van der Waals surface area contributed by atoms with Gasteiger partial charge in [0.2, 0.25) is 0 Å². The number of benzene rings is 2. The maximum absolute atomic E-state index is 14.6. The third-order valence-electron chi connectivity index (χ3n) is 7.33. The van der Waals surface area contributed by atoms with E-state index in [0.717, 1.165) is 31.6 Å². The normalized spacial score (nSPS) is 26.5. The molecule has 2 N–H and O–H groups in total. The van der Waals surface area contributed by atoms with Gasteiger partial charge in [-0.3, -0.25) is 0 Å². The van der Waals surface area contributed by atoms with Gasteiger partial charge in [0, 0.05) is 11.1 Å². The van der Waals surface area contributed by atoms with Gasteiger partial charge in [0.25, 0.3) is 0 Å². The number of piperidine rings is 1. The van der Waals surface area contributed by atoms with E-state index in [1.165, 1.54) is 49.9 Å². The molecule has 29 heavy (non-hydrogen) atoms. The Labute approximate surface area is 175 Å². The third-order valence-corrected chi connectivity index (χ3v) is 7.33. The molecule has 2 fully saturated rings. The van der Waals surface area contributed by atoms with Gasteiger partial charge in [-0.05, 0) is 87.7 Å². The highest BCUT2D eigenvalue weighted by Gasteiger charge is 2.40. The van der Waals surface area contributed by atoms with E-state index in [-0.39, 0.29) is 11.7 Å². The van der Waals surface area contributed by atoms with E-state index in [1.54, 1.807) is 12.1 Å². The fourth-order valence-electron chi connectivity index (χ4n) is 5.52. The number of rotatable bonds is 5. The van der Waals surface area contributed by atoms with Crippen molar-refractivity contribution in [3.8, 4) is 0 Å². The molecule has 2 atom stereocenters. The van der Waals surface area contributed by atoms with Gasteiger partial charge in [0.05, 0.1) is 0 Å². The summed E-state index contributed by atoms with van der Waals surface area (Å²) in [5.41, 5.74) is 9.87. The second kappa shape index (κ2) is 8.97. The molecular weight excluding hydrogens is 359 g/mol. The van der Waals surface area contributed by atoms with E-state index in [0.29, 0.717) is 5.56 Å². The van der Waals surface area contributed by atoms with Crippen LogP contribution in [0.25, 0.3) is 0 Å². The Balaban J connectivity index is 1.49. The monoisotopic (exact) mass is 394 g/mol. The van der Waals surface area contributed by atoms with Crippen LogP contribution < -0.4 is 5.73 Å². The van der Waals surface area contributed by atoms with Crippen LogP contribution in [0.1, 0.15) is 55.2 Å². The van der Waals surface area contributed by atoms with Crippen LogP contribution in [0.15, 0.2) is 48.5 Å². The van der Waals surface area contributed by atoms with Crippen molar-refractivity contribution in [1.29, 1.82) is 0 Å². The van der Waals surface area contributed by atoms with Crippen LogP contribution in [-0.2, 0) is 18.4 Å². The topological polar surface area (TPSA) is 29.3 Å². The van der Waals surface area contributed by atoms with Crippen LogP contribution in [0.3, 0.4) is 0 Å². The highest BCUT2D eigenvalue weighted by molar-refractivity contribution is 5.30. The lowest BCUT2D eigenvalue weighted by molar-refractivity contribution is 0.183. The number of halogens is 1. The summed E-state index contributed by atoms with van der Waals surface area (Å²) in [6.45, 7) is 2.43. The first-order chi connectivity index (χ1) is 14.0. The van der Waals surface area contributed by atoms with Crippen molar-refractivity contribution in [3.63, 3.8) is 0 Å². The molecular formula is C26H35FN2. The Morgan fingerprint density at radius 2 is 1.69 bits per heavy atom. The van der Waals surface area contributed by atoms with Crippen LogP contribution in [0, 0.1) is 17.7 Å². The first-order valence-electron chi connectivity index (χ1n) is 11.3. The maximum atomic E-state index is 14.6. The van der Waals surface area contributed by atoms with Crippen LogP contribution in [0.5, 0.6) is 0 Å². The number of hydrogen-bond donors (Lipinski definition) is 1. The van der Waals surface area contributed by atoms with Gasteiger partial charge in [-0.25, -0.2) is 4.39 Å². The minimum atomic E-state index is -0.562. The lowest BCUT2D eigenvalue weighted by Gasteiger charge is -2.42. The molecule has 4 rings (SSSR count). The standard InChI is InChI=1S/C26H35FN2/c1-29-15-12-20(13-16-29)17-21-7-6-8-22(18-21)19-23-9-4-5-14-26(23,28)24-10-2-3-11-25(24)27/h2-3,6-8,10-11,18,20,23H,4-5,9,12-17,19,28H2,1H3. The van der Waals surface area contributed by atoms with Crippen LogP contribution in [0.2, 0.25) is 0 Å². The molecule has 1 saturated heterocycles. The Bertz CT molecular complexity index is 812. The summed E-state index contributed by atoms with van der Waals surface area (Å²) >= 11 is 0. The summed E-state index contributed by atoms with van der Waals surface area (Å²) in [5, 5.41) is 0. The highest BCUT2D eigenvalue weighted by Crippen LogP contribution is 2.42. The summed E-state index contributed by atoms with van der Waals surface area (Å²) in [4.78, 5) is 2.43. The zero-order valence-electron chi connectivity index (χ0n) is 17.7. The third kappa shape index (κ3) is 4.73. The van der Waals surface area contributed by atoms with Gasteiger partial charge in [-0.2, -0.15) is 0 Å². The predicted octanol–water partition coefficient (Wildman–Crippen LogP) is 5.30. The molecule has 3 heteroatoms. The van der Waals surface area contributed by atoms with Crippen LogP contribution in [0.4, 0.5) is 4.39 Å². The first-order valence-corrected chi connectivity index (χ1v) is 11.3. The number of likely N-dealkylation sites (tertiary alicyclic amines) is 1. The second-order valence-electron chi connectivity index (χ2n) is 9.44. The summed E-state index contributed by atoms with van der Waals surface area (Å²) in [7, 11) is 2.22. The molecule has 1 saturated carbocycles. The SMILES string of the molecule is CN1CCC(Cc2cccc(CC3CCCCC3(N)c3ccccc3F)c2)CC1. The molecule has 1 heterocycles. The molecule has 1 aliphatic heterocycles. The van der Waals surface area contributed by atoms with E-state index in [4.69, 9.17) is 5.73 Å². The molecule has 0 aromatic heterocycles. The van der Waals surface area contributed by atoms with Crippen molar-refractivity contribution in [3.05, 3.63) is 71.0 Å². The Morgan fingerprint density at radius 3 is 2.45 bits per heavy atom. The molecule has 0 spiro atoms. The Kier molecular flexibility index (Phi) is 6.36. The van der Waals surface area contributed by atoms with Crippen molar-refractivity contribution >= 4 is 0 Å². The van der Waals surface area contributed by atoms with E-state index >= 15 is 0 Å². The van der Waals surface area contributed by atoms with Gasteiger partial charge >= 0.3 is 0 Å². The van der Waals surface area contributed by atoms with Gasteiger partial charge in [-0.15, -0.1) is 0 Å². The smallest absolute Gasteiger partial charge is 0.128 e. The van der Waals surface area contributed by atoms with E-state index in [9.17, 15) is 4.39 Å². The summed E-state index contributed by atoms with van der Waals surface area (Å²) in [6.07, 6.45) is 8.91. The first kappa shape index (κ1) is 20.6. The van der Waals surface area contributed by atoms with Gasteiger partial charge in [0.15, 0.2) is 0 Å².